The number of aliphatic carboxylic acids is 1. The molecule has 2 atom stereocenters. The van der Waals surface area contributed by atoms with Crippen LogP contribution in [0.5, 0.6) is 0 Å². The van der Waals surface area contributed by atoms with Crippen molar-refractivity contribution in [1.82, 2.24) is 20.2 Å². The summed E-state index contributed by atoms with van der Waals surface area (Å²) in [6, 6.07) is 2.72. The molecule has 11 nitrogen and oxygen atoms in total. The van der Waals surface area contributed by atoms with E-state index in [1.165, 1.54) is 33.8 Å². The Bertz CT molecular complexity index is 1140. The molecule has 14 heteroatoms. The van der Waals surface area contributed by atoms with Gasteiger partial charge in [-0.25, -0.2) is 9.78 Å². The number of thioether (sulfide) groups is 2. The molecule has 0 bridgehead atoms. The molecular formula is C18H16N6O5S3. The van der Waals surface area contributed by atoms with Crippen molar-refractivity contribution in [2.24, 2.45) is 5.16 Å². The SMILES string of the molecule is Nc1nc(/C(=N\O)C(=O)N[C@@H]2C(=O)N3C(C(=O)O)=C(SCc4ccncc4)CS[C@H]23)cs1. The number of amides is 2. The van der Waals surface area contributed by atoms with Crippen LogP contribution in [0.3, 0.4) is 0 Å². The van der Waals surface area contributed by atoms with Crippen LogP contribution >= 0.6 is 34.9 Å². The molecule has 0 aliphatic carbocycles. The van der Waals surface area contributed by atoms with E-state index in [0.29, 0.717) is 16.4 Å². The quantitative estimate of drug-likeness (QED) is 0.189. The van der Waals surface area contributed by atoms with Crippen LogP contribution in [0.25, 0.3) is 0 Å². The highest BCUT2D eigenvalue weighted by atomic mass is 32.2. The maximum atomic E-state index is 12.8. The number of hydrogen-bond donors (Lipinski definition) is 4. The van der Waals surface area contributed by atoms with Crippen LogP contribution < -0.4 is 11.1 Å². The Hall–Kier alpha value is -3.10. The van der Waals surface area contributed by atoms with E-state index in [0.717, 1.165) is 16.9 Å². The van der Waals surface area contributed by atoms with Gasteiger partial charge in [0.1, 0.15) is 22.8 Å². The van der Waals surface area contributed by atoms with Gasteiger partial charge < -0.3 is 21.4 Å². The monoisotopic (exact) mass is 492 g/mol. The van der Waals surface area contributed by atoms with Crippen LogP contribution in [0.15, 0.2) is 45.7 Å². The number of nitrogens with one attached hydrogen (secondary N) is 1. The predicted molar refractivity (Wildman–Crippen MR) is 120 cm³/mol. The summed E-state index contributed by atoms with van der Waals surface area (Å²) >= 11 is 3.77. The molecule has 0 saturated carbocycles. The fourth-order valence-corrected chi connectivity index (χ4v) is 6.30. The molecule has 166 valence electrons. The van der Waals surface area contributed by atoms with E-state index in [4.69, 9.17) is 5.73 Å². The van der Waals surface area contributed by atoms with Gasteiger partial charge in [-0.3, -0.25) is 19.5 Å². The number of thiazole rings is 1. The van der Waals surface area contributed by atoms with Crippen molar-refractivity contribution < 1.29 is 24.7 Å². The van der Waals surface area contributed by atoms with Crippen molar-refractivity contribution in [3.63, 3.8) is 0 Å². The lowest BCUT2D eigenvalue weighted by Gasteiger charge is -2.49. The first-order valence-corrected chi connectivity index (χ1v) is 12.0. The molecule has 4 heterocycles. The molecule has 1 fully saturated rings. The lowest BCUT2D eigenvalue weighted by molar-refractivity contribution is -0.150. The first kappa shape index (κ1) is 22.1. The predicted octanol–water partition coefficient (Wildman–Crippen LogP) is 0.928. The fourth-order valence-electron chi connectivity index (χ4n) is 3.17. The van der Waals surface area contributed by atoms with Crippen LogP contribution in [-0.2, 0) is 20.1 Å². The molecule has 0 aromatic carbocycles. The van der Waals surface area contributed by atoms with Gasteiger partial charge in [0.25, 0.3) is 11.8 Å². The maximum Gasteiger partial charge on any atom is 0.353 e. The molecule has 0 unspecified atom stereocenters. The summed E-state index contributed by atoms with van der Waals surface area (Å²) in [4.78, 5) is 46.9. The van der Waals surface area contributed by atoms with Gasteiger partial charge in [0.15, 0.2) is 10.8 Å². The molecule has 0 radical (unpaired) electrons. The van der Waals surface area contributed by atoms with Crippen molar-refractivity contribution in [1.29, 1.82) is 0 Å². The standard InChI is InChI=1S/C18H16N6O5S3/c19-18-21-9(6-32-18)11(23-29)14(25)22-12-15(26)24-13(17(27)28)10(7-31-16(12)24)30-5-8-1-3-20-4-2-8/h1-4,6,12,16,29H,5,7H2,(H2,19,21)(H,22,25)(H,27,28)/b23-11+/t12-,16-/m1/s1. The number of hydrogen-bond acceptors (Lipinski definition) is 11. The Balaban J connectivity index is 1.48. The average Bonchev–Trinajstić information content (AvgIpc) is 3.22. The normalized spacial score (nSPS) is 20.6. The van der Waals surface area contributed by atoms with Gasteiger partial charge in [-0.2, -0.15) is 0 Å². The molecule has 1 saturated heterocycles. The summed E-state index contributed by atoms with van der Waals surface area (Å²) in [6.07, 6.45) is 3.31. The summed E-state index contributed by atoms with van der Waals surface area (Å²) in [5.41, 5.74) is 6.14. The second kappa shape index (κ2) is 9.18. The Morgan fingerprint density at radius 2 is 2.12 bits per heavy atom. The first-order valence-electron chi connectivity index (χ1n) is 9.07. The molecule has 2 aliphatic heterocycles. The average molecular weight is 493 g/mol. The van der Waals surface area contributed by atoms with Crippen molar-refractivity contribution >= 4 is 63.5 Å². The van der Waals surface area contributed by atoms with E-state index in [2.05, 4.69) is 20.4 Å². The summed E-state index contributed by atoms with van der Waals surface area (Å²) in [5.74, 6) is -1.65. The van der Waals surface area contributed by atoms with Crippen LogP contribution in [0, 0.1) is 0 Å². The van der Waals surface area contributed by atoms with Crippen molar-refractivity contribution in [3.8, 4) is 0 Å². The number of nitrogens with zero attached hydrogens (tertiary/aromatic N) is 4. The zero-order chi connectivity index (χ0) is 22.8. The van der Waals surface area contributed by atoms with Gasteiger partial charge in [-0.1, -0.05) is 5.16 Å². The Morgan fingerprint density at radius 1 is 1.38 bits per heavy atom. The lowest BCUT2D eigenvalue weighted by Crippen LogP contribution is -2.71. The Labute approximate surface area is 193 Å². The number of carbonyl (C=O) groups excluding carboxylic acids is 2. The van der Waals surface area contributed by atoms with Gasteiger partial charge in [0, 0.05) is 34.2 Å². The van der Waals surface area contributed by atoms with Gasteiger partial charge in [-0.05, 0) is 17.7 Å². The number of rotatable bonds is 7. The molecule has 5 N–H and O–H groups in total. The van der Waals surface area contributed by atoms with E-state index in [9.17, 15) is 24.7 Å². The largest absolute Gasteiger partial charge is 0.477 e. The molecular weight excluding hydrogens is 476 g/mol. The van der Waals surface area contributed by atoms with Gasteiger partial charge in [0.05, 0.1) is 0 Å². The highest BCUT2D eigenvalue weighted by molar-refractivity contribution is 8.05. The van der Waals surface area contributed by atoms with E-state index in [-0.39, 0.29) is 22.2 Å². The van der Waals surface area contributed by atoms with Gasteiger partial charge >= 0.3 is 5.97 Å². The third kappa shape index (κ3) is 4.16. The van der Waals surface area contributed by atoms with Gasteiger partial charge in [-0.15, -0.1) is 34.9 Å². The Morgan fingerprint density at radius 3 is 2.75 bits per heavy atom. The van der Waals surface area contributed by atoms with Crippen LogP contribution in [0.4, 0.5) is 5.13 Å². The molecule has 2 aromatic rings. The number of aromatic nitrogens is 2. The minimum Gasteiger partial charge on any atom is -0.477 e. The number of nitrogen functional groups attached to an aromatic ring is 1. The molecule has 2 aliphatic rings. The maximum absolute atomic E-state index is 12.8. The number of oxime groups is 1. The minimum atomic E-state index is -1.21. The molecule has 4 rings (SSSR count). The third-order valence-electron chi connectivity index (χ3n) is 4.66. The molecule has 2 amide bonds. The minimum absolute atomic E-state index is 0.0772. The van der Waals surface area contributed by atoms with Crippen molar-refractivity contribution in [2.75, 3.05) is 11.5 Å². The number of carboxylic acids is 1. The topological polar surface area (TPSA) is 171 Å². The fraction of sp³-hybridized carbons (Fsp3) is 0.222. The number of anilines is 1. The lowest BCUT2D eigenvalue weighted by atomic mass is 10.0. The summed E-state index contributed by atoms with van der Waals surface area (Å²) in [6.45, 7) is 0. The van der Waals surface area contributed by atoms with Crippen LogP contribution in [-0.4, -0.2) is 65.8 Å². The molecule has 0 spiro atoms. The van der Waals surface area contributed by atoms with E-state index >= 15 is 0 Å². The molecule has 2 aromatic heterocycles. The van der Waals surface area contributed by atoms with Crippen molar-refractivity contribution in [3.05, 3.63) is 51.8 Å². The van der Waals surface area contributed by atoms with E-state index in [1.54, 1.807) is 12.4 Å². The summed E-state index contributed by atoms with van der Waals surface area (Å²) < 4.78 is 0. The second-order valence-electron chi connectivity index (χ2n) is 6.60. The smallest absolute Gasteiger partial charge is 0.353 e. The van der Waals surface area contributed by atoms with Gasteiger partial charge in [0.2, 0.25) is 0 Å². The second-order valence-corrected chi connectivity index (χ2v) is 9.67. The number of β-lactam (4-membered cyclic amide) rings is 1. The van der Waals surface area contributed by atoms with Crippen LogP contribution in [0.2, 0.25) is 0 Å². The number of carbonyl (C=O) groups is 3. The zero-order valence-electron chi connectivity index (χ0n) is 16.2. The number of fused-ring (bicyclic) bond motifs is 1. The number of carboxylic acid groups (broad SMARTS) is 1. The number of pyridine rings is 1. The summed E-state index contributed by atoms with van der Waals surface area (Å²) in [7, 11) is 0. The third-order valence-corrected chi connectivity index (χ3v) is 7.96. The summed E-state index contributed by atoms with van der Waals surface area (Å²) in [5, 5.41) is 25.5. The van der Waals surface area contributed by atoms with E-state index in [1.807, 2.05) is 12.1 Å². The van der Waals surface area contributed by atoms with Crippen LogP contribution in [0.1, 0.15) is 11.3 Å². The zero-order valence-corrected chi connectivity index (χ0v) is 18.6. The molecule has 32 heavy (non-hydrogen) atoms. The first-order chi connectivity index (χ1) is 15.4. The highest BCUT2D eigenvalue weighted by Crippen LogP contribution is 2.44. The van der Waals surface area contributed by atoms with E-state index < -0.39 is 29.2 Å². The number of nitrogens with two attached hydrogens (primary N) is 1. The van der Waals surface area contributed by atoms with Crippen molar-refractivity contribution in [2.45, 2.75) is 17.2 Å². The highest BCUT2D eigenvalue weighted by Gasteiger charge is 2.54. The Kier molecular flexibility index (Phi) is 6.34.